The largest absolute Gasteiger partial charge is 0.273 e. The Hall–Kier alpha value is -0.130. The van der Waals surface area contributed by atoms with Crippen LogP contribution in [0.3, 0.4) is 0 Å². The molecule has 0 atom stereocenters. The van der Waals surface area contributed by atoms with Gasteiger partial charge in [0.2, 0.25) is 0 Å². The van der Waals surface area contributed by atoms with Crippen LogP contribution in [0.2, 0.25) is 0 Å². The highest BCUT2D eigenvalue weighted by Gasteiger charge is 1.88. The van der Waals surface area contributed by atoms with Crippen molar-refractivity contribution in [3.63, 3.8) is 0 Å². The predicted octanol–water partition coefficient (Wildman–Crippen LogP) is 0.614. The third kappa shape index (κ3) is 9.87. The molecule has 0 amide bonds. The van der Waals surface area contributed by atoms with Crippen LogP contribution >= 0.6 is 0 Å². The Labute approximate surface area is 69.0 Å². The number of unbranched alkanes of at least 4 members (excludes halogenated alkanes) is 3. The summed E-state index contributed by atoms with van der Waals surface area (Å²) >= 11 is 0. The van der Waals surface area contributed by atoms with Crippen LogP contribution in [-0.2, 0) is 15.3 Å². The first kappa shape index (κ1) is 10.9. The average molecular weight is 181 g/mol. The summed E-state index contributed by atoms with van der Waals surface area (Å²) in [4.78, 5) is 0. The molecule has 11 heavy (non-hydrogen) atoms. The molecule has 5 heteroatoms. The number of hydrogen-bond donors (Lipinski definition) is 2. The van der Waals surface area contributed by atoms with E-state index in [4.69, 9.17) is 0 Å². The van der Waals surface area contributed by atoms with Crippen LogP contribution in [0.1, 0.15) is 32.6 Å². The summed E-state index contributed by atoms with van der Waals surface area (Å²) in [6.45, 7) is 2.72. The SMILES string of the molecule is CCCCCCNO[SH](=O)=O. The van der Waals surface area contributed by atoms with Crippen molar-refractivity contribution in [2.24, 2.45) is 0 Å². The van der Waals surface area contributed by atoms with Gasteiger partial charge in [-0.25, -0.2) is 8.42 Å². The Bertz CT molecular complexity index is 139. The standard InChI is InChI=1S/C6H15NO3S/c1-2-3-4-5-6-7-10-11(8)9/h7,11H,2-6H2,1H3. The molecule has 0 aromatic rings. The van der Waals surface area contributed by atoms with E-state index in [0.717, 1.165) is 12.8 Å². The van der Waals surface area contributed by atoms with Crippen molar-refractivity contribution in [1.82, 2.24) is 5.48 Å². The topological polar surface area (TPSA) is 55.4 Å². The van der Waals surface area contributed by atoms with Gasteiger partial charge in [0.05, 0.1) is 0 Å². The lowest BCUT2D eigenvalue weighted by atomic mass is 10.2. The number of hydroxylamine groups is 1. The Morgan fingerprint density at radius 2 is 2.00 bits per heavy atom. The first-order chi connectivity index (χ1) is 5.27. The van der Waals surface area contributed by atoms with Crippen molar-refractivity contribution in [3.8, 4) is 0 Å². The van der Waals surface area contributed by atoms with Crippen LogP contribution in [0.25, 0.3) is 0 Å². The highest BCUT2D eigenvalue weighted by Crippen LogP contribution is 1.96. The van der Waals surface area contributed by atoms with Gasteiger partial charge in [0.1, 0.15) is 0 Å². The summed E-state index contributed by atoms with van der Waals surface area (Å²) < 4.78 is 23.8. The van der Waals surface area contributed by atoms with E-state index in [1.807, 2.05) is 0 Å². The molecule has 0 aliphatic heterocycles. The van der Waals surface area contributed by atoms with E-state index < -0.39 is 11.0 Å². The van der Waals surface area contributed by atoms with E-state index in [9.17, 15) is 8.42 Å². The Morgan fingerprint density at radius 1 is 1.27 bits per heavy atom. The monoisotopic (exact) mass is 181 g/mol. The van der Waals surface area contributed by atoms with Crippen molar-refractivity contribution in [1.29, 1.82) is 0 Å². The van der Waals surface area contributed by atoms with Crippen molar-refractivity contribution >= 4 is 11.0 Å². The summed E-state index contributed by atoms with van der Waals surface area (Å²) in [6.07, 6.45) is 4.43. The molecule has 0 aliphatic carbocycles. The molecule has 0 unspecified atom stereocenters. The van der Waals surface area contributed by atoms with Crippen LogP contribution < -0.4 is 5.48 Å². The molecule has 0 heterocycles. The third-order valence-electron chi connectivity index (χ3n) is 1.27. The lowest BCUT2D eigenvalue weighted by molar-refractivity contribution is 0.211. The molecular weight excluding hydrogens is 166 g/mol. The molecule has 0 aromatic carbocycles. The van der Waals surface area contributed by atoms with Gasteiger partial charge in [-0.05, 0) is 6.42 Å². The summed E-state index contributed by atoms with van der Waals surface area (Å²) in [5.74, 6) is 0. The molecule has 0 rings (SSSR count). The minimum Gasteiger partial charge on any atom is -0.201 e. The summed E-state index contributed by atoms with van der Waals surface area (Å²) in [6, 6.07) is 0. The molecule has 0 fully saturated rings. The fraction of sp³-hybridized carbons (Fsp3) is 1.00. The number of thiol groups is 1. The quantitative estimate of drug-likeness (QED) is 0.343. The van der Waals surface area contributed by atoms with Crippen LogP contribution in [0.4, 0.5) is 0 Å². The van der Waals surface area contributed by atoms with Crippen LogP contribution in [0.15, 0.2) is 0 Å². The van der Waals surface area contributed by atoms with Crippen molar-refractivity contribution in [3.05, 3.63) is 0 Å². The van der Waals surface area contributed by atoms with E-state index >= 15 is 0 Å². The lowest BCUT2D eigenvalue weighted by Gasteiger charge is -1.98. The van der Waals surface area contributed by atoms with Gasteiger partial charge in [0, 0.05) is 6.54 Å². The smallest absolute Gasteiger partial charge is 0.201 e. The Balaban J connectivity index is 2.90. The first-order valence-corrected chi connectivity index (χ1v) is 4.91. The minimum absolute atomic E-state index is 0.601. The van der Waals surface area contributed by atoms with E-state index in [1.54, 1.807) is 0 Å². The van der Waals surface area contributed by atoms with Gasteiger partial charge < -0.3 is 0 Å². The summed E-state index contributed by atoms with van der Waals surface area (Å²) in [5, 5.41) is 0. The van der Waals surface area contributed by atoms with Gasteiger partial charge in [0.15, 0.2) is 0 Å². The van der Waals surface area contributed by atoms with Gasteiger partial charge in [-0.3, -0.25) is 0 Å². The summed E-state index contributed by atoms with van der Waals surface area (Å²) in [5.41, 5.74) is 2.35. The highest BCUT2D eigenvalue weighted by atomic mass is 32.2. The molecule has 0 radical (unpaired) electrons. The van der Waals surface area contributed by atoms with Crippen LogP contribution in [0.5, 0.6) is 0 Å². The third-order valence-corrected chi connectivity index (χ3v) is 1.55. The van der Waals surface area contributed by atoms with Crippen molar-refractivity contribution in [2.45, 2.75) is 32.6 Å². The van der Waals surface area contributed by atoms with Gasteiger partial charge in [-0.15, -0.1) is 0 Å². The number of nitrogens with one attached hydrogen (secondary N) is 1. The first-order valence-electron chi connectivity index (χ1n) is 3.81. The molecule has 0 spiro atoms. The predicted molar refractivity (Wildman–Crippen MR) is 43.5 cm³/mol. The molecule has 0 aliphatic rings. The van der Waals surface area contributed by atoms with Crippen LogP contribution in [0, 0.1) is 0 Å². The van der Waals surface area contributed by atoms with Crippen LogP contribution in [-0.4, -0.2) is 15.0 Å². The lowest BCUT2D eigenvalue weighted by Crippen LogP contribution is -2.14. The molecule has 0 saturated heterocycles. The van der Waals surface area contributed by atoms with Gasteiger partial charge in [-0.1, -0.05) is 26.2 Å². The molecule has 1 N–H and O–H groups in total. The molecule has 0 bridgehead atoms. The normalized spacial score (nSPS) is 10.7. The van der Waals surface area contributed by atoms with E-state index in [0.29, 0.717) is 6.54 Å². The highest BCUT2D eigenvalue weighted by molar-refractivity contribution is 7.67. The molecule has 68 valence electrons. The maximum Gasteiger partial charge on any atom is 0.273 e. The molecular formula is C6H15NO3S. The van der Waals surface area contributed by atoms with Crippen molar-refractivity contribution in [2.75, 3.05) is 6.54 Å². The minimum atomic E-state index is -2.74. The second-order valence-corrected chi connectivity index (χ2v) is 2.90. The second-order valence-electron chi connectivity index (χ2n) is 2.27. The second kappa shape index (κ2) is 7.97. The maximum atomic E-state index is 9.84. The fourth-order valence-electron chi connectivity index (χ4n) is 0.722. The van der Waals surface area contributed by atoms with E-state index in [1.165, 1.54) is 12.8 Å². The molecule has 0 aromatic heterocycles. The number of rotatable bonds is 7. The van der Waals surface area contributed by atoms with E-state index in [-0.39, 0.29) is 0 Å². The van der Waals surface area contributed by atoms with E-state index in [2.05, 4.69) is 16.7 Å². The molecule has 0 saturated carbocycles. The molecule has 4 nitrogen and oxygen atoms in total. The zero-order chi connectivity index (χ0) is 8.53. The Morgan fingerprint density at radius 3 is 2.55 bits per heavy atom. The zero-order valence-corrected chi connectivity index (χ0v) is 7.60. The van der Waals surface area contributed by atoms with Gasteiger partial charge in [0.25, 0.3) is 11.0 Å². The van der Waals surface area contributed by atoms with Gasteiger partial charge >= 0.3 is 0 Å². The maximum absolute atomic E-state index is 9.84. The Kier molecular flexibility index (Phi) is 7.88. The van der Waals surface area contributed by atoms with Gasteiger partial charge in [-0.2, -0.15) is 9.76 Å². The van der Waals surface area contributed by atoms with Crippen molar-refractivity contribution < 1.29 is 12.7 Å². The zero-order valence-electron chi connectivity index (χ0n) is 6.71. The number of hydrogen-bond acceptors (Lipinski definition) is 4. The summed E-state index contributed by atoms with van der Waals surface area (Å²) in [7, 11) is -2.74. The average Bonchev–Trinajstić information content (AvgIpc) is 1.96. The fourth-order valence-corrected chi connectivity index (χ4v) is 0.919.